The van der Waals surface area contributed by atoms with Gasteiger partial charge in [-0.15, -0.1) is 0 Å². The molecule has 0 spiro atoms. The Bertz CT molecular complexity index is 281. The molecule has 0 heterocycles. The van der Waals surface area contributed by atoms with E-state index in [0.717, 1.165) is 18.3 Å². The molecule has 3 rings (SSSR count). The van der Waals surface area contributed by atoms with Crippen molar-refractivity contribution >= 4 is 0 Å². The van der Waals surface area contributed by atoms with Crippen LogP contribution >= 0.6 is 0 Å². The predicted molar refractivity (Wildman–Crippen MR) is 66.1 cm³/mol. The van der Waals surface area contributed by atoms with Gasteiger partial charge in [-0.1, -0.05) is 30.9 Å². The molecule has 0 saturated heterocycles. The molecule has 0 bridgehead atoms. The number of hydrogen-bond donors (Lipinski definition) is 1. The van der Waals surface area contributed by atoms with Crippen LogP contribution in [0.4, 0.5) is 0 Å². The molecular formula is C15H24O. The van der Waals surface area contributed by atoms with Crippen LogP contribution in [0.25, 0.3) is 0 Å². The lowest BCUT2D eigenvalue weighted by Crippen LogP contribution is -2.40. The molecule has 2 saturated carbocycles. The first kappa shape index (κ1) is 10.8. The molecule has 1 N–H and O–H groups in total. The van der Waals surface area contributed by atoms with E-state index in [1.807, 2.05) is 0 Å². The molecule has 2 fully saturated rings. The van der Waals surface area contributed by atoms with Gasteiger partial charge in [0.05, 0.1) is 6.10 Å². The molecular weight excluding hydrogens is 196 g/mol. The van der Waals surface area contributed by atoms with E-state index in [1.165, 1.54) is 51.4 Å². The SMILES string of the molecule is OC1CCC2CCCCC2C1C1=CCCC1. The topological polar surface area (TPSA) is 20.2 Å². The molecule has 90 valence electrons. The number of rotatable bonds is 1. The van der Waals surface area contributed by atoms with Crippen molar-refractivity contribution in [1.82, 2.24) is 0 Å². The summed E-state index contributed by atoms with van der Waals surface area (Å²) in [6, 6.07) is 0. The first-order valence-electron chi connectivity index (χ1n) is 7.23. The smallest absolute Gasteiger partial charge is 0.0608 e. The van der Waals surface area contributed by atoms with Gasteiger partial charge in [-0.05, 0) is 50.4 Å². The highest BCUT2D eigenvalue weighted by Crippen LogP contribution is 2.48. The molecule has 0 radical (unpaired) electrons. The van der Waals surface area contributed by atoms with E-state index in [2.05, 4.69) is 6.08 Å². The summed E-state index contributed by atoms with van der Waals surface area (Å²) < 4.78 is 0. The summed E-state index contributed by atoms with van der Waals surface area (Å²) in [6.45, 7) is 0. The number of allylic oxidation sites excluding steroid dienone is 1. The van der Waals surface area contributed by atoms with E-state index in [1.54, 1.807) is 5.57 Å². The molecule has 4 atom stereocenters. The average Bonchev–Trinajstić information content (AvgIpc) is 2.82. The summed E-state index contributed by atoms with van der Waals surface area (Å²) in [5.74, 6) is 2.30. The molecule has 0 aromatic carbocycles. The van der Waals surface area contributed by atoms with Crippen LogP contribution in [0.3, 0.4) is 0 Å². The Morgan fingerprint density at radius 1 is 1.00 bits per heavy atom. The van der Waals surface area contributed by atoms with E-state index in [4.69, 9.17) is 0 Å². The number of aliphatic hydroxyl groups is 1. The maximum absolute atomic E-state index is 10.3. The highest BCUT2D eigenvalue weighted by Gasteiger charge is 2.41. The van der Waals surface area contributed by atoms with Gasteiger partial charge in [-0.3, -0.25) is 0 Å². The highest BCUT2D eigenvalue weighted by atomic mass is 16.3. The Hall–Kier alpha value is -0.300. The van der Waals surface area contributed by atoms with Gasteiger partial charge >= 0.3 is 0 Å². The first-order valence-corrected chi connectivity index (χ1v) is 7.23. The van der Waals surface area contributed by atoms with Crippen molar-refractivity contribution in [3.8, 4) is 0 Å². The quantitative estimate of drug-likeness (QED) is 0.668. The number of hydrogen-bond acceptors (Lipinski definition) is 1. The largest absolute Gasteiger partial charge is 0.392 e. The fourth-order valence-corrected chi connectivity index (χ4v) is 4.44. The lowest BCUT2D eigenvalue weighted by molar-refractivity contribution is 0.00162. The van der Waals surface area contributed by atoms with E-state index < -0.39 is 0 Å². The summed E-state index contributed by atoms with van der Waals surface area (Å²) >= 11 is 0. The standard InChI is InChI=1S/C15H24O/c16-14-10-9-11-5-3-4-8-13(11)15(14)12-6-1-2-7-12/h6,11,13-16H,1-5,7-10H2. The van der Waals surface area contributed by atoms with Gasteiger partial charge in [0.25, 0.3) is 0 Å². The van der Waals surface area contributed by atoms with Crippen molar-refractivity contribution in [3.63, 3.8) is 0 Å². The van der Waals surface area contributed by atoms with Crippen LogP contribution in [0, 0.1) is 17.8 Å². The van der Waals surface area contributed by atoms with Gasteiger partial charge in [0, 0.05) is 5.92 Å². The second-order valence-corrected chi connectivity index (χ2v) is 6.05. The minimum atomic E-state index is -0.0244. The van der Waals surface area contributed by atoms with Crippen LogP contribution in [0.15, 0.2) is 11.6 Å². The normalized spacial score (nSPS) is 43.9. The van der Waals surface area contributed by atoms with Gasteiger partial charge in [0.15, 0.2) is 0 Å². The molecule has 1 heteroatoms. The van der Waals surface area contributed by atoms with Crippen molar-refractivity contribution in [2.24, 2.45) is 17.8 Å². The number of aliphatic hydroxyl groups excluding tert-OH is 1. The Balaban J connectivity index is 1.81. The maximum atomic E-state index is 10.3. The van der Waals surface area contributed by atoms with Gasteiger partial charge in [0.2, 0.25) is 0 Å². The third-order valence-corrected chi connectivity index (χ3v) is 5.18. The van der Waals surface area contributed by atoms with Crippen LogP contribution < -0.4 is 0 Å². The summed E-state index contributed by atoms with van der Waals surface area (Å²) in [6.07, 6.45) is 14.3. The van der Waals surface area contributed by atoms with E-state index in [9.17, 15) is 5.11 Å². The van der Waals surface area contributed by atoms with E-state index in [-0.39, 0.29) is 6.10 Å². The molecule has 3 aliphatic rings. The zero-order chi connectivity index (χ0) is 11.0. The molecule has 16 heavy (non-hydrogen) atoms. The van der Waals surface area contributed by atoms with E-state index >= 15 is 0 Å². The molecule has 4 unspecified atom stereocenters. The fraction of sp³-hybridized carbons (Fsp3) is 0.867. The fourth-order valence-electron chi connectivity index (χ4n) is 4.44. The maximum Gasteiger partial charge on any atom is 0.0608 e. The Labute approximate surface area is 98.9 Å². The predicted octanol–water partition coefficient (Wildman–Crippen LogP) is 3.67. The average molecular weight is 220 g/mol. The lowest BCUT2D eigenvalue weighted by atomic mass is 9.62. The Morgan fingerprint density at radius 3 is 2.69 bits per heavy atom. The van der Waals surface area contributed by atoms with Crippen molar-refractivity contribution in [2.45, 2.75) is 63.9 Å². The van der Waals surface area contributed by atoms with Crippen molar-refractivity contribution in [1.29, 1.82) is 0 Å². The second-order valence-electron chi connectivity index (χ2n) is 6.05. The zero-order valence-corrected chi connectivity index (χ0v) is 10.2. The third kappa shape index (κ3) is 1.84. The minimum absolute atomic E-state index is 0.0244. The van der Waals surface area contributed by atoms with Crippen LogP contribution in [-0.2, 0) is 0 Å². The monoisotopic (exact) mass is 220 g/mol. The number of fused-ring (bicyclic) bond motifs is 1. The zero-order valence-electron chi connectivity index (χ0n) is 10.2. The first-order chi connectivity index (χ1) is 7.86. The van der Waals surface area contributed by atoms with Gasteiger partial charge in [-0.2, -0.15) is 0 Å². The van der Waals surface area contributed by atoms with Crippen LogP contribution in [0.5, 0.6) is 0 Å². The van der Waals surface area contributed by atoms with Gasteiger partial charge < -0.3 is 5.11 Å². The van der Waals surface area contributed by atoms with Crippen molar-refractivity contribution in [2.75, 3.05) is 0 Å². The third-order valence-electron chi connectivity index (χ3n) is 5.18. The Morgan fingerprint density at radius 2 is 1.88 bits per heavy atom. The van der Waals surface area contributed by atoms with Crippen molar-refractivity contribution < 1.29 is 5.11 Å². The van der Waals surface area contributed by atoms with Crippen LogP contribution in [0.1, 0.15) is 57.8 Å². The van der Waals surface area contributed by atoms with Crippen molar-refractivity contribution in [3.05, 3.63) is 11.6 Å². The van der Waals surface area contributed by atoms with Crippen LogP contribution in [0.2, 0.25) is 0 Å². The van der Waals surface area contributed by atoms with E-state index in [0.29, 0.717) is 5.92 Å². The summed E-state index contributed by atoms with van der Waals surface area (Å²) in [5.41, 5.74) is 1.61. The molecule has 0 aromatic heterocycles. The molecule has 3 aliphatic carbocycles. The van der Waals surface area contributed by atoms with Gasteiger partial charge in [-0.25, -0.2) is 0 Å². The Kier molecular flexibility index (Phi) is 3.06. The summed E-state index contributed by atoms with van der Waals surface area (Å²) in [7, 11) is 0. The molecule has 0 amide bonds. The van der Waals surface area contributed by atoms with Gasteiger partial charge in [0.1, 0.15) is 0 Å². The highest BCUT2D eigenvalue weighted by molar-refractivity contribution is 5.16. The summed E-state index contributed by atoms with van der Waals surface area (Å²) in [5, 5.41) is 10.3. The lowest BCUT2D eigenvalue weighted by Gasteiger charge is -2.44. The van der Waals surface area contributed by atoms with Crippen LogP contribution in [-0.4, -0.2) is 11.2 Å². The second kappa shape index (κ2) is 4.52. The molecule has 0 aliphatic heterocycles. The minimum Gasteiger partial charge on any atom is -0.392 e. The molecule has 0 aromatic rings. The summed E-state index contributed by atoms with van der Waals surface area (Å²) in [4.78, 5) is 0. The molecule has 1 nitrogen and oxygen atoms in total.